The summed E-state index contributed by atoms with van der Waals surface area (Å²) in [5.41, 5.74) is 0.666. The first-order valence-corrected chi connectivity index (χ1v) is 10.4. The van der Waals surface area contributed by atoms with Gasteiger partial charge in [0.05, 0.1) is 11.4 Å². The van der Waals surface area contributed by atoms with Gasteiger partial charge in [0, 0.05) is 13.1 Å². The van der Waals surface area contributed by atoms with Crippen LogP contribution in [0.4, 0.5) is 11.4 Å². The van der Waals surface area contributed by atoms with Gasteiger partial charge < -0.3 is 4.90 Å². The SMILES string of the molecule is CCN(CC)CCN1c2ccccc2NS(=O)(=O)CS1(=O)=O. The van der Waals surface area contributed by atoms with Crippen molar-refractivity contribution in [2.24, 2.45) is 0 Å². The average Bonchev–Trinajstić information content (AvgIpc) is 2.50. The van der Waals surface area contributed by atoms with Crippen LogP contribution in [0.3, 0.4) is 0 Å². The Kier molecular flexibility index (Phi) is 4.98. The second kappa shape index (κ2) is 6.43. The molecule has 0 saturated heterocycles. The Bertz CT molecular complexity index is 727. The molecule has 1 aliphatic rings. The summed E-state index contributed by atoms with van der Waals surface area (Å²) < 4.78 is 52.3. The van der Waals surface area contributed by atoms with Gasteiger partial charge >= 0.3 is 0 Å². The van der Waals surface area contributed by atoms with Gasteiger partial charge in [-0.2, -0.15) is 0 Å². The minimum atomic E-state index is -3.94. The van der Waals surface area contributed by atoms with E-state index in [9.17, 15) is 16.8 Å². The lowest BCUT2D eigenvalue weighted by Gasteiger charge is -2.26. The van der Waals surface area contributed by atoms with Crippen LogP contribution in [0.5, 0.6) is 0 Å². The van der Waals surface area contributed by atoms with Crippen molar-refractivity contribution >= 4 is 31.4 Å². The fourth-order valence-electron chi connectivity index (χ4n) is 2.42. The van der Waals surface area contributed by atoms with Gasteiger partial charge in [0.25, 0.3) is 10.0 Å². The Balaban J connectivity index is 2.41. The third-order valence-electron chi connectivity index (χ3n) is 3.59. The Labute approximate surface area is 132 Å². The van der Waals surface area contributed by atoms with Crippen molar-refractivity contribution in [1.82, 2.24) is 4.90 Å². The predicted molar refractivity (Wildman–Crippen MR) is 87.9 cm³/mol. The van der Waals surface area contributed by atoms with Crippen LogP contribution in [0, 0.1) is 0 Å². The maximum atomic E-state index is 12.5. The summed E-state index contributed by atoms with van der Waals surface area (Å²) in [6, 6.07) is 6.54. The molecule has 0 amide bonds. The Morgan fingerprint density at radius 1 is 1.14 bits per heavy atom. The number of likely N-dealkylation sites (N-methyl/N-ethyl adjacent to an activating group) is 1. The molecule has 1 aromatic carbocycles. The van der Waals surface area contributed by atoms with Gasteiger partial charge in [-0.3, -0.25) is 9.03 Å². The van der Waals surface area contributed by atoms with Crippen LogP contribution >= 0.6 is 0 Å². The van der Waals surface area contributed by atoms with E-state index >= 15 is 0 Å². The van der Waals surface area contributed by atoms with Crippen molar-refractivity contribution in [3.8, 4) is 0 Å². The van der Waals surface area contributed by atoms with E-state index in [0.717, 1.165) is 13.1 Å². The Morgan fingerprint density at radius 3 is 2.41 bits per heavy atom. The lowest BCUT2D eigenvalue weighted by molar-refractivity contribution is 0.313. The molecule has 22 heavy (non-hydrogen) atoms. The van der Waals surface area contributed by atoms with E-state index < -0.39 is 25.1 Å². The highest BCUT2D eigenvalue weighted by Crippen LogP contribution is 2.32. The number of hydrogen-bond acceptors (Lipinski definition) is 5. The number of benzene rings is 1. The van der Waals surface area contributed by atoms with Crippen molar-refractivity contribution in [1.29, 1.82) is 0 Å². The molecule has 0 unspecified atom stereocenters. The lowest BCUT2D eigenvalue weighted by Crippen LogP contribution is -2.40. The van der Waals surface area contributed by atoms with Gasteiger partial charge in [0.1, 0.15) is 0 Å². The number of hydrogen-bond donors (Lipinski definition) is 1. The number of anilines is 2. The van der Waals surface area contributed by atoms with E-state index in [2.05, 4.69) is 9.62 Å². The standard InChI is InChI=1S/C13H21N3O4S2/c1-3-15(4-2)9-10-16-13-8-6-5-7-12(13)14-21(17,18)11-22(16,19)20/h5-8,14H,3-4,9-11H2,1-2H3. The molecule has 0 fully saturated rings. The summed E-state index contributed by atoms with van der Waals surface area (Å²) in [4.78, 5) is 2.09. The number of sulfonamides is 2. The van der Waals surface area contributed by atoms with Crippen LogP contribution in [0.1, 0.15) is 13.8 Å². The average molecular weight is 347 g/mol. The van der Waals surface area contributed by atoms with E-state index in [1.807, 2.05) is 13.8 Å². The predicted octanol–water partition coefficient (Wildman–Crippen LogP) is 0.877. The number of nitrogens with zero attached hydrogens (tertiary/aromatic N) is 2. The van der Waals surface area contributed by atoms with Crippen LogP contribution < -0.4 is 9.03 Å². The van der Waals surface area contributed by atoms with E-state index in [1.54, 1.807) is 24.3 Å². The first-order valence-electron chi connectivity index (χ1n) is 7.11. The quantitative estimate of drug-likeness (QED) is 0.854. The summed E-state index contributed by atoms with van der Waals surface area (Å²) in [5.74, 6) is 0. The van der Waals surface area contributed by atoms with E-state index in [4.69, 9.17) is 0 Å². The van der Waals surface area contributed by atoms with E-state index in [-0.39, 0.29) is 6.54 Å². The molecule has 9 heteroatoms. The topological polar surface area (TPSA) is 86.8 Å². The molecule has 0 saturated carbocycles. The first-order chi connectivity index (χ1) is 10.3. The minimum absolute atomic E-state index is 0.220. The molecule has 1 aromatic rings. The molecule has 2 rings (SSSR count). The second-order valence-corrected chi connectivity index (χ2v) is 9.04. The fourth-order valence-corrected chi connectivity index (χ4v) is 6.06. The summed E-state index contributed by atoms with van der Waals surface area (Å²) in [5, 5.41) is -0.938. The molecule has 1 heterocycles. The summed E-state index contributed by atoms with van der Waals surface area (Å²) >= 11 is 0. The molecule has 0 aromatic heterocycles. The zero-order chi connectivity index (χ0) is 16.4. The molecule has 0 atom stereocenters. The monoisotopic (exact) mass is 347 g/mol. The number of para-hydroxylation sites is 2. The Hall–Kier alpha value is -1.32. The third-order valence-corrected chi connectivity index (χ3v) is 7.61. The fraction of sp³-hybridized carbons (Fsp3) is 0.538. The van der Waals surface area contributed by atoms with Crippen molar-refractivity contribution in [2.75, 3.05) is 40.3 Å². The highest BCUT2D eigenvalue weighted by molar-refractivity contribution is 8.09. The van der Waals surface area contributed by atoms with Gasteiger partial charge in [-0.15, -0.1) is 0 Å². The Morgan fingerprint density at radius 2 is 1.77 bits per heavy atom. The summed E-state index contributed by atoms with van der Waals surface area (Å²) in [7, 11) is -7.85. The largest absolute Gasteiger partial charge is 0.302 e. The molecule has 1 aliphatic heterocycles. The number of nitrogens with one attached hydrogen (secondary N) is 1. The molecule has 7 nitrogen and oxygen atoms in total. The molecule has 0 radical (unpaired) electrons. The molecule has 0 aliphatic carbocycles. The van der Waals surface area contributed by atoms with Gasteiger partial charge in [-0.25, -0.2) is 16.8 Å². The van der Waals surface area contributed by atoms with E-state index in [1.165, 1.54) is 4.31 Å². The smallest absolute Gasteiger partial charge is 0.251 e. The summed E-state index contributed by atoms with van der Waals surface area (Å²) in [6.07, 6.45) is 0. The number of rotatable bonds is 5. The molecule has 0 spiro atoms. The number of fused-ring (bicyclic) bond motifs is 1. The van der Waals surface area contributed by atoms with Crippen LogP contribution in [0.15, 0.2) is 24.3 Å². The van der Waals surface area contributed by atoms with Crippen LogP contribution in [0.25, 0.3) is 0 Å². The van der Waals surface area contributed by atoms with Crippen LogP contribution in [0.2, 0.25) is 0 Å². The van der Waals surface area contributed by atoms with Crippen molar-refractivity contribution in [3.05, 3.63) is 24.3 Å². The first kappa shape index (κ1) is 17.0. The maximum absolute atomic E-state index is 12.5. The lowest BCUT2D eigenvalue weighted by atomic mass is 10.2. The van der Waals surface area contributed by atoms with Crippen LogP contribution in [-0.2, 0) is 20.0 Å². The highest BCUT2D eigenvalue weighted by atomic mass is 32.3. The highest BCUT2D eigenvalue weighted by Gasteiger charge is 2.34. The minimum Gasteiger partial charge on any atom is -0.302 e. The maximum Gasteiger partial charge on any atom is 0.251 e. The van der Waals surface area contributed by atoms with Gasteiger partial charge in [0.2, 0.25) is 10.0 Å². The van der Waals surface area contributed by atoms with Crippen molar-refractivity contribution < 1.29 is 16.8 Å². The molecule has 124 valence electrons. The second-order valence-electron chi connectivity index (χ2n) is 5.06. The van der Waals surface area contributed by atoms with Crippen molar-refractivity contribution in [2.45, 2.75) is 13.8 Å². The normalized spacial score (nSPS) is 19.3. The van der Waals surface area contributed by atoms with Gasteiger partial charge in [-0.05, 0) is 25.2 Å². The van der Waals surface area contributed by atoms with Crippen LogP contribution in [-0.4, -0.2) is 53.0 Å². The third kappa shape index (κ3) is 3.71. The molecular weight excluding hydrogens is 326 g/mol. The zero-order valence-corrected chi connectivity index (χ0v) is 14.3. The molecular formula is C13H21N3O4S2. The molecule has 1 N–H and O–H groups in total. The summed E-state index contributed by atoms with van der Waals surface area (Å²) in [6.45, 7) is 6.38. The van der Waals surface area contributed by atoms with Gasteiger partial charge in [-0.1, -0.05) is 26.0 Å². The molecule has 0 bridgehead atoms. The van der Waals surface area contributed by atoms with Crippen molar-refractivity contribution in [3.63, 3.8) is 0 Å². The van der Waals surface area contributed by atoms with E-state index in [0.29, 0.717) is 17.9 Å². The zero-order valence-electron chi connectivity index (χ0n) is 12.7. The van der Waals surface area contributed by atoms with Gasteiger partial charge in [0.15, 0.2) is 5.08 Å².